The Hall–Kier alpha value is -0.640. The quantitative estimate of drug-likeness (QED) is 0.768. The maximum Gasteiger partial charge on any atom is 0.235 e. The Kier molecular flexibility index (Phi) is 4.53. The molecule has 0 aromatic heterocycles. The van der Waals surface area contributed by atoms with Crippen molar-refractivity contribution in [2.75, 3.05) is 7.05 Å². The Morgan fingerprint density at radius 3 is 2.24 bits per heavy atom. The summed E-state index contributed by atoms with van der Waals surface area (Å²) in [6.07, 6.45) is 3.57. The molecule has 1 amide bonds. The van der Waals surface area contributed by atoms with Crippen LogP contribution in [0.4, 0.5) is 0 Å². The van der Waals surface area contributed by atoms with Crippen LogP contribution < -0.4 is 5.73 Å². The molecule has 0 bridgehead atoms. The van der Waals surface area contributed by atoms with Gasteiger partial charge >= 0.3 is 0 Å². The van der Waals surface area contributed by atoms with Crippen LogP contribution in [0.25, 0.3) is 0 Å². The molecule has 0 saturated heterocycles. The number of amides is 1. The normalized spacial score (nSPS) is 27.7. The van der Waals surface area contributed by atoms with Gasteiger partial charge in [0.25, 0.3) is 0 Å². The maximum atomic E-state index is 12.6. The molecule has 0 radical (unpaired) electrons. The summed E-state index contributed by atoms with van der Waals surface area (Å²) < 4.78 is 0. The number of hydrogen-bond donors (Lipinski definition) is 1. The number of rotatable bonds is 5. The lowest BCUT2D eigenvalue weighted by Crippen LogP contribution is -2.57. The van der Waals surface area contributed by atoms with Gasteiger partial charge in [-0.1, -0.05) is 33.0 Å². The highest BCUT2D eigenvalue weighted by molar-refractivity contribution is 7.80. The molecule has 0 aromatic carbocycles. The Labute approximate surface area is 110 Å². The molecule has 2 N–H and O–H groups in total. The number of nitrogens with zero attached hydrogens (tertiary/aromatic N) is 1. The average Bonchev–Trinajstić information content (AvgIpc) is 2.24. The number of thiocarbonyl (C=S) groups is 1. The lowest BCUT2D eigenvalue weighted by Gasteiger charge is -2.47. The average molecular weight is 256 g/mol. The van der Waals surface area contributed by atoms with Crippen molar-refractivity contribution in [2.24, 2.45) is 17.1 Å². The maximum absolute atomic E-state index is 12.6. The van der Waals surface area contributed by atoms with Gasteiger partial charge in [-0.2, -0.15) is 0 Å². The van der Waals surface area contributed by atoms with Crippen LogP contribution >= 0.6 is 12.2 Å². The zero-order valence-electron chi connectivity index (χ0n) is 11.3. The van der Waals surface area contributed by atoms with E-state index in [0.717, 1.165) is 25.7 Å². The molecule has 3 nitrogen and oxygen atoms in total. The predicted molar refractivity (Wildman–Crippen MR) is 74.8 cm³/mol. The first kappa shape index (κ1) is 14.4. The fourth-order valence-electron chi connectivity index (χ4n) is 2.95. The minimum atomic E-state index is -0.550. The smallest absolute Gasteiger partial charge is 0.235 e. The second-order valence-electron chi connectivity index (χ2n) is 5.35. The molecule has 0 aliphatic heterocycles. The molecule has 1 aliphatic rings. The number of hydrogen-bond acceptors (Lipinski definition) is 2. The highest BCUT2D eigenvalue weighted by atomic mass is 32.1. The molecule has 0 heterocycles. The van der Waals surface area contributed by atoms with Crippen LogP contribution in [0, 0.1) is 11.3 Å². The van der Waals surface area contributed by atoms with Crippen LogP contribution in [0.15, 0.2) is 0 Å². The van der Waals surface area contributed by atoms with E-state index in [0.29, 0.717) is 16.9 Å². The number of carbonyl (C=O) groups is 1. The molecule has 1 rings (SSSR count). The van der Waals surface area contributed by atoms with E-state index < -0.39 is 5.41 Å². The lowest BCUT2D eigenvalue weighted by atomic mass is 9.61. The summed E-state index contributed by atoms with van der Waals surface area (Å²) in [6.45, 7) is 6.35. The van der Waals surface area contributed by atoms with E-state index in [-0.39, 0.29) is 5.91 Å². The zero-order valence-corrected chi connectivity index (χ0v) is 12.1. The Morgan fingerprint density at radius 2 is 1.94 bits per heavy atom. The SMILES string of the molecule is CCC(CC)N(C)C(=O)C1(C(N)=S)CC(C)C1. The van der Waals surface area contributed by atoms with Crippen molar-refractivity contribution in [3.8, 4) is 0 Å². The van der Waals surface area contributed by atoms with Gasteiger partial charge in [0, 0.05) is 13.1 Å². The van der Waals surface area contributed by atoms with Crippen LogP contribution in [0.3, 0.4) is 0 Å². The van der Waals surface area contributed by atoms with Gasteiger partial charge in [-0.25, -0.2) is 0 Å². The summed E-state index contributed by atoms with van der Waals surface area (Å²) in [4.78, 5) is 14.8. The molecule has 0 spiro atoms. The summed E-state index contributed by atoms with van der Waals surface area (Å²) in [5.41, 5.74) is 5.25. The molecule has 1 aliphatic carbocycles. The summed E-state index contributed by atoms with van der Waals surface area (Å²) in [5.74, 6) is 0.673. The van der Waals surface area contributed by atoms with Crippen LogP contribution in [0.5, 0.6) is 0 Å². The van der Waals surface area contributed by atoms with E-state index in [9.17, 15) is 4.79 Å². The highest BCUT2D eigenvalue weighted by Gasteiger charge is 2.52. The van der Waals surface area contributed by atoms with Gasteiger partial charge in [-0.05, 0) is 31.6 Å². The Bertz CT molecular complexity index is 307. The monoisotopic (exact) mass is 256 g/mol. The van der Waals surface area contributed by atoms with E-state index in [1.165, 1.54) is 0 Å². The van der Waals surface area contributed by atoms with Crippen molar-refractivity contribution >= 4 is 23.1 Å². The highest BCUT2D eigenvalue weighted by Crippen LogP contribution is 2.47. The largest absolute Gasteiger partial charge is 0.392 e. The van der Waals surface area contributed by atoms with E-state index >= 15 is 0 Å². The first-order valence-corrected chi connectivity index (χ1v) is 6.87. The first-order valence-electron chi connectivity index (χ1n) is 6.46. The molecule has 98 valence electrons. The molecule has 0 aromatic rings. The van der Waals surface area contributed by atoms with Gasteiger partial charge in [-0.3, -0.25) is 4.79 Å². The fraction of sp³-hybridized carbons (Fsp3) is 0.846. The lowest BCUT2D eigenvalue weighted by molar-refractivity contribution is -0.145. The third kappa shape index (κ3) is 2.46. The van der Waals surface area contributed by atoms with Crippen molar-refractivity contribution < 1.29 is 4.79 Å². The fourth-order valence-corrected chi connectivity index (χ4v) is 3.20. The molecule has 0 atom stereocenters. The van der Waals surface area contributed by atoms with E-state index in [2.05, 4.69) is 20.8 Å². The van der Waals surface area contributed by atoms with E-state index in [1.54, 1.807) is 0 Å². The third-order valence-corrected chi connectivity index (χ3v) is 4.48. The van der Waals surface area contributed by atoms with Crippen molar-refractivity contribution in [3.05, 3.63) is 0 Å². The molecule has 0 unspecified atom stereocenters. The van der Waals surface area contributed by atoms with Crippen LogP contribution in [-0.2, 0) is 4.79 Å². The summed E-state index contributed by atoms with van der Waals surface area (Å²) in [5, 5.41) is 0. The summed E-state index contributed by atoms with van der Waals surface area (Å²) in [7, 11) is 1.88. The van der Waals surface area contributed by atoms with Crippen LogP contribution in [0.2, 0.25) is 0 Å². The Morgan fingerprint density at radius 1 is 1.47 bits per heavy atom. The number of nitrogens with two attached hydrogens (primary N) is 1. The topological polar surface area (TPSA) is 46.3 Å². The molecule has 1 fully saturated rings. The standard InChI is InChI=1S/C13H24N2OS/c1-5-10(6-2)15(4)12(16)13(11(14)17)7-9(3)8-13/h9-10H,5-8H2,1-4H3,(H2,14,17). The predicted octanol–water partition coefficient (Wildman–Crippen LogP) is 2.34. The second-order valence-corrected chi connectivity index (χ2v) is 5.79. The molecule has 4 heteroatoms. The van der Waals surface area contributed by atoms with Crippen LogP contribution in [0.1, 0.15) is 46.5 Å². The molecule has 17 heavy (non-hydrogen) atoms. The second kappa shape index (κ2) is 5.34. The number of carbonyl (C=O) groups excluding carboxylic acids is 1. The minimum absolute atomic E-state index is 0.122. The van der Waals surface area contributed by atoms with Crippen LogP contribution in [-0.4, -0.2) is 28.9 Å². The van der Waals surface area contributed by atoms with Crippen molar-refractivity contribution in [3.63, 3.8) is 0 Å². The summed E-state index contributed by atoms with van der Waals surface area (Å²) >= 11 is 5.12. The van der Waals surface area contributed by atoms with Gasteiger partial charge in [0.15, 0.2) is 0 Å². The zero-order chi connectivity index (χ0) is 13.2. The molecular weight excluding hydrogens is 232 g/mol. The van der Waals surface area contributed by atoms with E-state index in [1.807, 2.05) is 11.9 Å². The van der Waals surface area contributed by atoms with Gasteiger partial charge < -0.3 is 10.6 Å². The van der Waals surface area contributed by atoms with Crippen molar-refractivity contribution in [2.45, 2.75) is 52.5 Å². The van der Waals surface area contributed by atoms with Gasteiger partial charge in [0.2, 0.25) is 5.91 Å². The first-order chi connectivity index (χ1) is 7.89. The van der Waals surface area contributed by atoms with Gasteiger partial charge in [-0.15, -0.1) is 0 Å². The minimum Gasteiger partial charge on any atom is -0.392 e. The van der Waals surface area contributed by atoms with Crippen molar-refractivity contribution in [1.29, 1.82) is 0 Å². The Balaban J connectivity index is 2.83. The third-order valence-electron chi connectivity index (χ3n) is 4.09. The molecule has 1 saturated carbocycles. The van der Waals surface area contributed by atoms with Crippen molar-refractivity contribution in [1.82, 2.24) is 4.90 Å². The van der Waals surface area contributed by atoms with Gasteiger partial charge in [0.1, 0.15) is 0 Å². The summed E-state index contributed by atoms with van der Waals surface area (Å²) in [6, 6.07) is 0.296. The molecular formula is C13H24N2OS. The van der Waals surface area contributed by atoms with Gasteiger partial charge in [0.05, 0.1) is 10.4 Å². The van der Waals surface area contributed by atoms with E-state index in [4.69, 9.17) is 18.0 Å².